The van der Waals surface area contributed by atoms with Crippen LogP contribution < -0.4 is 5.32 Å². The van der Waals surface area contributed by atoms with E-state index >= 15 is 0 Å². The van der Waals surface area contributed by atoms with Gasteiger partial charge in [-0.1, -0.05) is 0 Å². The molecule has 1 amide bonds. The number of aliphatic hydroxyl groups is 1. The van der Waals surface area contributed by atoms with Gasteiger partial charge in [-0.05, 0) is 44.7 Å². The number of anilines is 1. The molecule has 1 fully saturated rings. The molecule has 20 heavy (non-hydrogen) atoms. The molecule has 0 spiro atoms. The van der Waals surface area contributed by atoms with Crippen molar-refractivity contribution in [2.24, 2.45) is 5.92 Å². The van der Waals surface area contributed by atoms with Gasteiger partial charge < -0.3 is 15.3 Å². The van der Waals surface area contributed by atoms with E-state index in [4.69, 9.17) is 0 Å². The third-order valence-electron chi connectivity index (χ3n) is 3.65. The number of aliphatic hydroxyl groups excluding tert-OH is 1. The highest BCUT2D eigenvalue weighted by molar-refractivity contribution is 5.94. The van der Waals surface area contributed by atoms with Crippen LogP contribution in [-0.4, -0.2) is 47.1 Å². The molecule has 1 aromatic rings. The van der Waals surface area contributed by atoms with Gasteiger partial charge >= 0.3 is 0 Å². The fraction of sp³-hybridized carbons (Fsp3) is 0.600. The van der Waals surface area contributed by atoms with E-state index in [-0.39, 0.29) is 12.0 Å². The summed E-state index contributed by atoms with van der Waals surface area (Å²) in [6.45, 7) is 5.37. The highest BCUT2D eigenvalue weighted by atomic mass is 16.3. The monoisotopic (exact) mass is 277 g/mol. The van der Waals surface area contributed by atoms with E-state index in [0.29, 0.717) is 18.0 Å². The number of aromatic nitrogens is 1. The van der Waals surface area contributed by atoms with Gasteiger partial charge in [-0.15, -0.1) is 0 Å². The van der Waals surface area contributed by atoms with Gasteiger partial charge in [0, 0.05) is 31.4 Å². The number of carbonyl (C=O) groups excluding carboxylic acids is 1. The van der Waals surface area contributed by atoms with E-state index in [0.717, 1.165) is 30.9 Å². The number of aryl methyl sites for hydroxylation is 1. The lowest BCUT2D eigenvalue weighted by atomic mass is 9.82. The molecule has 0 radical (unpaired) electrons. The molecule has 0 saturated heterocycles. The lowest BCUT2D eigenvalue weighted by molar-refractivity contribution is 0.0265. The zero-order valence-electron chi connectivity index (χ0n) is 12.4. The van der Waals surface area contributed by atoms with Crippen LogP contribution in [0, 0.1) is 12.8 Å². The highest BCUT2D eigenvalue weighted by Crippen LogP contribution is 2.28. The molecule has 0 bridgehead atoms. The molecule has 0 unspecified atom stereocenters. The summed E-state index contributed by atoms with van der Waals surface area (Å²) in [5.41, 5.74) is 1.50. The highest BCUT2D eigenvalue weighted by Gasteiger charge is 2.29. The minimum absolute atomic E-state index is 0.0102. The minimum atomic E-state index is -0.174. The molecule has 0 aromatic carbocycles. The topological polar surface area (TPSA) is 65.5 Å². The lowest BCUT2D eigenvalue weighted by Gasteiger charge is -2.34. The van der Waals surface area contributed by atoms with Crippen molar-refractivity contribution in [1.82, 2.24) is 9.88 Å². The van der Waals surface area contributed by atoms with Gasteiger partial charge in [0.05, 0.1) is 6.10 Å². The minimum Gasteiger partial charge on any atom is -0.393 e. The van der Waals surface area contributed by atoms with E-state index in [9.17, 15) is 9.90 Å². The molecule has 1 aromatic heterocycles. The normalized spacial score (nSPS) is 21.2. The molecule has 2 N–H and O–H groups in total. The van der Waals surface area contributed by atoms with Crippen LogP contribution in [0.1, 0.15) is 35.8 Å². The van der Waals surface area contributed by atoms with Gasteiger partial charge in [-0.3, -0.25) is 4.79 Å². The average molecular weight is 277 g/mol. The number of rotatable bonds is 5. The van der Waals surface area contributed by atoms with Crippen LogP contribution in [0.15, 0.2) is 12.1 Å². The van der Waals surface area contributed by atoms with Crippen molar-refractivity contribution >= 4 is 11.7 Å². The first-order valence-corrected chi connectivity index (χ1v) is 7.15. The summed E-state index contributed by atoms with van der Waals surface area (Å²) in [4.78, 5) is 18.5. The van der Waals surface area contributed by atoms with Gasteiger partial charge in [-0.25, -0.2) is 4.98 Å². The first-order chi connectivity index (χ1) is 9.49. The zero-order chi connectivity index (χ0) is 14.7. The summed E-state index contributed by atoms with van der Waals surface area (Å²) in [5.74, 6) is 1.18. The van der Waals surface area contributed by atoms with Crippen molar-refractivity contribution in [3.05, 3.63) is 23.4 Å². The Labute approximate surface area is 120 Å². The molecule has 5 heteroatoms. The molecule has 1 saturated carbocycles. The Kier molecular flexibility index (Phi) is 4.60. The number of hydrogen-bond donors (Lipinski definition) is 2. The summed E-state index contributed by atoms with van der Waals surface area (Å²) in [6.07, 6.45) is 1.43. The molecule has 1 aliphatic rings. The van der Waals surface area contributed by atoms with Crippen LogP contribution in [-0.2, 0) is 0 Å². The van der Waals surface area contributed by atoms with Crippen molar-refractivity contribution < 1.29 is 9.90 Å². The Hall–Kier alpha value is -1.62. The molecule has 0 aliphatic heterocycles. The Bertz CT molecular complexity index is 484. The quantitative estimate of drug-likeness (QED) is 0.859. The molecule has 2 rings (SSSR count). The van der Waals surface area contributed by atoms with Gasteiger partial charge in [-0.2, -0.15) is 0 Å². The third kappa shape index (κ3) is 3.48. The molecule has 1 aliphatic carbocycles. The number of hydrogen-bond acceptors (Lipinski definition) is 4. The second-order valence-electron chi connectivity index (χ2n) is 5.59. The molecule has 5 nitrogen and oxygen atoms in total. The van der Waals surface area contributed by atoms with Crippen LogP contribution in [0.3, 0.4) is 0 Å². The summed E-state index contributed by atoms with van der Waals surface area (Å²) in [7, 11) is 1.82. The van der Waals surface area contributed by atoms with Gasteiger partial charge in [0.25, 0.3) is 5.91 Å². The van der Waals surface area contributed by atoms with Crippen molar-refractivity contribution in [3.63, 3.8) is 0 Å². The molecular weight excluding hydrogens is 254 g/mol. The standard InChI is InChI=1S/C15H23N3O2/c1-4-16-14-8-12(5-10(2)17-14)15(20)18(3)9-11-6-13(19)7-11/h5,8,11,13,19H,4,6-7,9H2,1-3H3,(H,16,17). The van der Waals surface area contributed by atoms with E-state index in [2.05, 4.69) is 10.3 Å². The average Bonchev–Trinajstić information content (AvgIpc) is 2.35. The summed E-state index contributed by atoms with van der Waals surface area (Å²) in [5, 5.41) is 12.4. The Balaban J connectivity index is 2.03. The number of nitrogens with one attached hydrogen (secondary N) is 1. The molecule has 110 valence electrons. The maximum atomic E-state index is 12.4. The number of nitrogens with zero attached hydrogens (tertiary/aromatic N) is 2. The van der Waals surface area contributed by atoms with Crippen LogP contribution in [0.5, 0.6) is 0 Å². The van der Waals surface area contributed by atoms with Crippen molar-refractivity contribution in [1.29, 1.82) is 0 Å². The Morgan fingerprint density at radius 2 is 2.20 bits per heavy atom. The predicted octanol–water partition coefficient (Wildman–Crippen LogP) is 1.66. The fourth-order valence-electron chi connectivity index (χ4n) is 2.60. The van der Waals surface area contributed by atoms with Crippen molar-refractivity contribution in [3.8, 4) is 0 Å². The summed E-state index contributed by atoms with van der Waals surface area (Å²) >= 11 is 0. The molecular formula is C15H23N3O2. The van der Waals surface area contributed by atoms with Crippen LogP contribution in [0.2, 0.25) is 0 Å². The van der Waals surface area contributed by atoms with Crippen molar-refractivity contribution in [2.75, 3.05) is 25.5 Å². The van der Waals surface area contributed by atoms with Crippen LogP contribution >= 0.6 is 0 Å². The molecule has 0 atom stereocenters. The van der Waals surface area contributed by atoms with E-state index in [1.165, 1.54) is 0 Å². The smallest absolute Gasteiger partial charge is 0.253 e. The maximum Gasteiger partial charge on any atom is 0.253 e. The second-order valence-corrected chi connectivity index (χ2v) is 5.59. The second kappa shape index (κ2) is 6.22. The van der Waals surface area contributed by atoms with Crippen LogP contribution in [0.4, 0.5) is 5.82 Å². The van der Waals surface area contributed by atoms with Crippen molar-refractivity contribution in [2.45, 2.75) is 32.8 Å². The SMILES string of the molecule is CCNc1cc(C(=O)N(C)CC2CC(O)C2)cc(C)n1. The van der Waals surface area contributed by atoms with Gasteiger partial charge in [0.2, 0.25) is 0 Å². The van der Waals surface area contributed by atoms with Gasteiger partial charge in [0.15, 0.2) is 0 Å². The van der Waals surface area contributed by atoms with E-state index < -0.39 is 0 Å². The Morgan fingerprint density at radius 1 is 1.50 bits per heavy atom. The van der Waals surface area contributed by atoms with Gasteiger partial charge in [0.1, 0.15) is 5.82 Å². The largest absolute Gasteiger partial charge is 0.393 e. The fourth-order valence-corrected chi connectivity index (χ4v) is 2.60. The summed E-state index contributed by atoms with van der Waals surface area (Å²) in [6, 6.07) is 3.61. The van der Waals surface area contributed by atoms with E-state index in [1.807, 2.05) is 27.0 Å². The maximum absolute atomic E-state index is 12.4. The molecule has 1 heterocycles. The number of pyridine rings is 1. The van der Waals surface area contributed by atoms with Crippen LogP contribution in [0.25, 0.3) is 0 Å². The first-order valence-electron chi connectivity index (χ1n) is 7.15. The number of amides is 1. The summed E-state index contributed by atoms with van der Waals surface area (Å²) < 4.78 is 0. The lowest BCUT2D eigenvalue weighted by Crippen LogP contribution is -2.39. The number of carbonyl (C=O) groups is 1. The third-order valence-corrected chi connectivity index (χ3v) is 3.65. The Morgan fingerprint density at radius 3 is 2.80 bits per heavy atom. The zero-order valence-corrected chi connectivity index (χ0v) is 12.4. The van der Waals surface area contributed by atoms with E-state index in [1.54, 1.807) is 11.0 Å². The predicted molar refractivity (Wildman–Crippen MR) is 78.8 cm³/mol. The first kappa shape index (κ1) is 14.8.